The molecule has 2 atom stereocenters. The lowest BCUT2D eigenvalue weighted by atomic mass is 9.92. The first kappa shape index (κ1) is 20.0. The largest absolute Gasteiger partial charge is 0.385 e. The highest BCUT2D eigenvalue weighted by Crippen LogP contribution is 2.27. The SMILES string of the molecule is Cc1ncccc1C(C#N)N1CCN(C(=O)CC(C)(O)c2ccccc2)CC1. The van der Waals surface area contributed by atoms with Crippen LogP contribution < -0.4 is 0 Å². The molecule has 0 aliphatic carbocycles. The van der Waals surface area contributed by atoms with Gasteiger partial charge in [-0.05, 0) is 25.5 Å². The highest BCUT2D eigenvalue weighted by atomic mass is 16.3. The van der Waals surface area contributed by atoms with Crippen LogP contribution in [0.15, 0.2) is 48.7 Å². The first-order valence-electron chi connectivity index (χ1n) is 9.53. The van der Waals surface area contributed by atoms with Crippen LogP contribution in [0.25, 0.3) is 0 Å². The van der Waals surface area contributed by atoms with Crippen molar-refractivity contribution in [3.8, 4) is 6.07 Å². The average molecular weight is 378 g/mol. The van der Waals surface area contributed by atoms with Gasteiger partial charge in [-0.15, -0.1) is 0 Å². The van der Waals surface area contributed by atoms with Gasteiger partial charge in [-0.3, -0.25) is 14.7 Å². The maximum Gasteiger partial charge on any atom is 0.225 e. The van der Waals surface area contributed by atoms with Crippen molar-refractivity contribution in [2.75, 3.05) is 26.2 Å². The summed E-state index contributed by atoms with van der Waals surface area (Å²) < 4.78 is 0. The van der Waals surface area contributed by atoms with Crippen LogP contribution in [0, 0.1) is 18.3 Å². The van der Waals surface area contributed by atoms with E-state index in [-0.39, 0.29) is 18.4 Å². The number of nitriles is 1. The summed E-state index contributed by atoms with van der Waals surface area (Å²) in [5.41, 5.74) is 1.30. The number of nitrogens with zero attached hydrogens (tertiary/aromatic N) is 4. The minimum Gasteiger partial charge on any atom is -0.385 e. The Morgan fingerprint density at radius 1 is 1.21 bits per heavy atom. The topological polar surface area (TPSA) is 80.5 Å². The Morgan fingerprint density at radius 3 is 2.50 bits per heavy atom. The van der Waals surface area contributed by atoms with Gasteiger partial charge < -0.3 is 10.0 Å². The van der Waals surface area contributed by atoms with Crippen molar-refractivity contribution in [2.45, 2.75) is 31.9 Å². The molecule has 6 nitrogen and oxygen atoms in total. The molecule has 1 aliphatic rings. The molecule has 1 saturated heterocycles. The van der Waals surface area contributed by atoms with Crippen LogP contribution in [0.2, 0.25) is 0 Å². The average Bonchev–Trinajstić information content (AvgIpc) is 2.71. The molecule has 3 rings (SSSR count). The van der Waals surface area contributed by atoms with E-state index in [2.05, 4.69) is 16.0 Å². The number of aryl methyl sites for hydroxylation is 1. The third kappa shape index (κ3) is 4.38. The molecular weight excluding hydrogens is 352 g/mol. The van der Waals surface area contributed by atoms with Gasteiger partial charge in [-0.1, -0.05) is 36.4 Å². The van der Waals surface area contributed by atoms with Crippen molar-refractivity contribution in [2.24, 2.45) is 0 Å². The number of aromatic nitrogens is 1. The minimum atomic E-state index is -1.20. The molecule has 0 radical (unpaired) electrons. The molecule has 2 unspecified atom stereocenters. The van der Waals surface area contributed by atoms with Crippen molar-refractivity contribution in [1.82, 2.24) is 14.8 Å². The number of aliphatic hydroxyl groups is 1. The zero-order valence-electron chi connectivity index (χ0n) is 16.4. The van der Waals surface area contributed by atoms with Gasteiger partial charge in [-0.2, -0.15) is 5.26 Å². The van der Waals surface area contributed by atoms with Crippen molar-refractivity contribution >= 4 is 5.91 Å². The Balaban J connectivity index is 1.61. The molecule has 0 bridgehead atoms. The fourth-order valence-corrected chi connectivity index (χ4v) is 3.67. The fraction of sp³-hybridized carbons (Fsp3) is 0.409. The molecule has 1 aliphatic heterocycles. The standard InChI is InChI=1S/C22H26N4O2/c1-17-19(9-6-10-24-17)20(16-23)25-11-13-26(14-12-25)21(27)15-22(2,28)18-7-4-3-5-8-18/h3-10,20,28H,11-15H2,1-2H3. The maximum atomic E-state index is 12.7. The number of carbonyl (C=O) groups excluding carboxylic acids is 1. The maximum absolute atomic E-state index is 12.7. The first-order chi connectivity index (χ1) is 13.4. The third-order valence-corrected chi connectivity index (χ3v) is 5.39. The van der Waals surface area contributed by atoms with Gasteiger partial charge in [0.25, 0.3) is 0 Å². The molecule has 146 valence electrons. The van der Waals surface area contributed by atoms with E-state index in [9.17, 15) is 15.2 Å². The summed E-state index contributed by atoms with van der Waals surface area (Å²) in [6.45, 7) is 5.90. The Morgan fingerprint density at radius 2 is 1.89 bits per heavy atom. The van der Waals surface area contributed by atoms with E-state index in [1.54, 1.807) is 18.0 Å². The van der Waals surface area contributed by atoms with Crippen LogP contribution in [-0.2, 0) is 10.4 Å². The van der Waals surface area contributed by atoms with Gasteiger partial charge in [-0.25, -0.2) is 0 Å². The van der Waals surface area contributed by atoms with Crippen LogP contribution in [0.5, 0.6) is 0 Å². The highest BCUT2D eigenvalue weighted by molar-refractivity contribution is 5.77. The summed E-state index contributed by atoms with van der Waals surface area (Å²) in [5, 5.41) is 20.4. The molecule has 0 saturated carbocycles. The molecule has 28 heavy (non-hydrogen) atoms. The lowest BCUT2D eigenvalue weighted by Gasteiger charge is -2.38. The molecule has 1 N–H and O–H groups in total. The summed E-state index contributed by atoms with van der Waals surface area (Å²) in [7, 11) is 0. The molecule has 1 amide bonds. The Bertz CT molecular complexity index is 852. The number of hydrogen-bond acceptors (Lipinski definition) is 5. The summed E-state index contributed by atoms with van der Waals surface area (Å²) in [4.78, 5) is 20.9. The fourth-order valence-electron chi connectivity index (χ4n) is 3.67. The van der Waals surface area contributed by atoms with Crippen LogP contribution >= 0.6 is 0 Å². The van der Waals surface area contributed by atoms with Crippen molar-refractivity contribution in [3.63, 3.8) is 0 Å². The van der Waals surface area contributed by atoms with Crippen LogP contribution in [0.3, 0.4) is 0 Å². The second-order valence-corrected chi connectivity index (χ2v) is 7.44. The lowest BCUT2D eigenvalue weighted by molar-refractivity contribution is -0.138. The number of piperazine rings is 1. The zero-order valence-corrected chi connectivity index (χ0v) is 16.4. The second kappa shape index (κ2) is 8.51. The van der Waals surface area contributed by atoms with Gasteiger partial charge in [0.1, 0.15) is 6.04 Å². The van der Waals surface area contributed by atoms with E-state index < -0.39 is 5.60 Å². The third-order valence-electron chi connectivity index (χ3n) is 5.39. The molecular formula is C22H26N4O2. The molecule has 1 fully saturated rings. The van der Waals surface area contributed by atoms with E-state index >= 15 is 0 Å². The van der Waals surface area contributed by atoms with E-state index in [0.29, 0.717) is 26.2 Å². The van der Waals surface area contributed by atoms with Crippen LogP contribution in [0.4, 0.5) is 0 Å². The van der Waals surface area contributed by atoms with Crippen molar-refractivity contribution in [3.05, 3.63) is 65.5 Å². The normalized spacial score (nSPS) is 18.1. The molecule has 6 heteroatoms. The molecule has 2 heterocycles. The smallest absolute Gasteiger partial charge is 0.225 e. The van der Waals surface area contributed by atoms with Gasteiger partial charge in [0.2, 0.25) is 5.91 Å². The van der Waals surface area contributed by atoms with Crippen molar-refractivity contribution in [1.29, 1.82) is 5.26 Å². The van der Waals surface area contributed by atoms with Gasteiger partial charge in [0.15, 0.2) is 0 Å². The quantitative estimate of drug-likeness (QED) is 0.864. The van der Waals surface area contributed by atoms with Gasteiger partial charge in [0.05, 0.1) is 18.1 Å². The van der Waals surface area contributed by atoms with Crippen molar-refractivity contribution < 1.29 is 9.90 Å². The molecule has 1 aromatic carbocycles. The number of carbonyl (C=O) groups is 1. The summed E-state index contributed by atoms with van der Waals surface area (Å²) in [6, 6.07) is 15.1. The predicted octanol–water partition coefficient (Wildman–Crippen LogP) is 2.40. The van der Waals surface area contributed by atoms with E-state index in [1.807, 2.05) is 49.4 Å². The summed E-state index contributed by atoms with van der Waals surface area (Å²) >= 11 is 0. The van der Waals surface area contributed by atoms with E-state index in [4.69, 9.17) is 0 Å². The van der Waals surface area contributed by atoms with E-state index in [1.165, 1.54) is 0 Å². The highest BCUT2D eigenvalue weighted by Gasteiger charge is 2.32. The molecule has 2 aromatic rings. The predicted molar refractivity (Wildman–Crippen MR) is 106 cm³/mol. The number of pyridine rings is 1. The Hall–Kier alpha value is -2.75. The summed E-state index contributed by atoms with van der Waals surface area (Å²) in [6.07, 6.45) is 1.77. The van der Waals surface area contributed by atoms with E-state index in [0.717, 1.165) is 16.8 Å². The first-order valence-corrected chi connectivity index (χ1v) is 9.53. The Labute approximate surface area is 166 Å². The monoisotopic (exact) mass is 378 g/mol. The zero-order chi connectivity index (χ0) is 20.1. The number of amides is 1. The second-order valence-electron chi connectivity index (χ2n) is 7.44. The Kier molecular flexibility index (Phi) is 6.08. The molecule has 1 aromatic heterocycles. The lowest BCUT2D eigenvalue weighted by Crippen LogP contribution is -2.50. The number of benzene rings is 1. The number of rotatable bonds is 5. The number of hydrogen-bond donors (Lipinski definition) is 1. The van der Waals surface area contributed by atoms with Crippen LogP contribution in [-0.4, -0.2) is 52.0 Å². The van der Waals surface area contributed by atoms with Crippen LogP contribution in [0.1, 0.15) is 36.2 Å². The summed E-state index contributed by atoms with van der Waals surface area (Å²) in [5.74, 6) is -0.0698. The van der Waals surface area contributed by atoms with Gasteiger partial charge >= 0.3 is 0 Å². The minimum absolute atomic E-state index is 0.0421. The molecule has 0 spiro atoms. The van der Waals surface area contributed by atoms with Gasteiger partial charge in [0, 0.05) is 43.6 Å².